The van der Waals surface area contributed by atoms with Crippen LogP contribution < -0.4 is 21.9 Å². The van der Waals surface area contributed by atoms with Crippen LogP contribution in [0.5, 0.6) is 11.5 Å². The highest BCUT2D eigenvalue weighted by atomic mass is 32.1. The molecular weight excluding hydrogens is 773 g/mol. The fourth-order valence-electron chi connectivity index (χ4n) is 7.21. The van der Waals surface area contributed by atoms with Gasteiger partial charge in [-0.15, -0.1) is 0 Å². The highest BCUT2D eigenvalue weighted by molar-refractivity contribution is 7.80. The summed E-state index contributed by atoms with van der Waals surface area (Å²) < 4.78 is 11.1. The fourth-order valence-corrected chi connectivity index (χ4v) is 7.46. The Morgan fingerprint density at radius 1 is 0.483 bits per heavy atom. The Morgan fingerprint density at radius 3 is 1.18 bits per heavy atom. The van der Waals surface area contributed by atoms with Gasteiger partial charge in [-0.1, -0.05) is 121 Å². The lowest BCUT2D eigenvalue weighted by molar-refractivity contribution is 0.471. The van der Waals surface area contributed by atoms with E-state index >= 15 is 0 Å². The van der Waals surface area contributed by atoms with Gasteiger partial charge in [0.15, 0.2) is 16.3 Å². The molecule has 2 heterocycles. The number of thiocarbonyl (C=S) groups is 1. The summed E-state index contributed by atoms with van der Waals surface area (Å²) in [5.74, 6) is -0.183. The van der Waals surface area contributed by atoms with Gasteiger partial charge < -0.3 is 29.7 Å². The first-order chi connectivity index (χ1) is 29.3. The van der Waals surface area contributed by atoms with Crippen LogP contribution in [0.15, 0.2) is 198 Å². The molecule has 0 aliphatic carbocycles. The van der Waals surface area contributed by atoms with Crippen LogP contribution in [-0.2, 0) is 0 Å². The molecule has 2 aromatic heterocycles. The SMILES string of the molecule is O=c1ccc2ccc(O)c(C=N[C@H](c3ccccc3)[C@H](NC(=S)N[C@H](c3ccccc3)[C@H](N=Cc3c(O)ccc4ccc(=O)oc34)c3ccccc3)c3ccccc3)c2o1. The molecule has 4 N–H and O–H groups in total. The number of rotatable bonds is 12. The molecule has 0 amide bonds. The number of hydrogen-bond acceptors (Lipinski definition) is 9. The third-order valence-corrected chi connectivity index (χ3v) is 10.4. The zero-order chi connectivity index (χ0) is 41.4. The smallest absolute Gasteiger partial charge is 0.336 e. The molecule has 8 aromatic rings. The van der Waals surface area contributed by atoms with Crippen molar-refractivity contribution in [2.24, 2.45) is 9.98 Å². The van der Waals surface area contributed by atoms with Crippen molar-refractivity contribution in [3.05, 3.63) is 224 Å². The van der Waals surface area contributed by atoms with Crippen molar-refractivity contribution < 1.29 is 19.0 Å². The van der Waals surface area contributed by atoms with Crippen molar-refractivity contribution in [3.63, 3.8) is 0 Å². The van der Waals surface area contributed by atoms with Gasteiger partial charge in [-0.25, -0.2) is 9.59 Å². The first-order valence-corrected chi connectivity index (χ1v) is 19.6. The highest BCUT2D eigenvalue weighted by Gasteiger charge is 2.29. The van der Waals surface area contributed by atoms with E-state index in [1.807, 2.05) is 121 Å². The molecule has 60 heavy (non-hydrogen) atoms. The minimum atomic E-state index is -0.611. The summed E-state index contributed by atoms with van der Waals surface area (Å²) in [4.78, 5) is 34.7. The van der Waals surface area contributed by atoms with Gasteiger partial charge in [0.1, 0.15) is 11.5 Å². The molecule has 6 aromatic carbocycles. The summed E-state index contributed by atoms with van der Waals surface area (Å²) in [5.41, 5.74) is 3.34. The Labute approximate surface area is 349 Å². The standard InChI is InChI=1S/C49H38N4O6S/c54-39-25-21-35-23-27-41(56)58-47(35)37(39)29-50-43(31-13-5-1-6-14-31)45(33-17-9-3-10-18-33)52-49(60)53-46(34-19-11-4-12-20-34)44(32-15-7-2-8-16-32)51-30-38-40(55)26-22-36-24-28-42(57)59-48(36)38/h1-30,43-46,54-55H,(H2,52,53,60)/t43-,44-,45-,46-/m1/s1. The third-order valence-electron chi connectivity index (χ3n) is 10.1. The number of nitrogens with zero attached hydrogens (tertiary/aromatic N) is 2. The van der Waals surface area contributed by atoms with Crippen LogP contribution in [0.3, 0.4) is 0 Å². The van der Waals surface area contributed by atoms with Crippen LogP contribution in [0.2, 0.25) is 0 Å². The van der Waals surface area contributed by atoms with Crippen molar-refractivity contribution >= 4 is 51.7 Å². The van der Waals surface area contributed by atoms with E-state index in [9.17, 15) is 19.8 Å². The predicted molar refractivity (Wildman–Crippen MR) is 239 cm³/mol. The quantitative estimate of drug-likeness (QED) is 0.0538. The lowest BCUT2D eigenvalue weighted by Gasteiger charge is -2.31. The van der Waals surface area contributed by atoms with E-state index in [1.54, 1.807) is 36.4 Å². The molecular formula is C49H38N4O6S. The number of nitrogens with one attached hydrogen (secondary N) is 2. The van der Waals surface area contributed by atoms with Gasteiger partial charge in [-0.05, 0) is 70.9 Å². The number of benzene rings is 6. The van der Waals surface area contributed by atoms with E-state index in [2.05, 4.69) is 10.6 Å². The van der Waals surface area contributed by atoms with Crippen LogP contribution in [0.25, 0.3) is 21.9 Å². The third kappa shape index (κ3) is 8.76. The van der Waals surface area contributed by atoms with Crippen molar-refractivity contribution in [1.29, 1.82) is 0 Å². The molecule has 0 spiro atoms. The molecule has 0 saturated carbocycles. The monoisotopic (exact) mass is 810 g/mol. The number of phenolic OH excluding ortho intramolecular Hbond substituents is 2. The lowest BCUT2D eigenvalue weighted by Crippen LogP contribution is -2.42. The van der Waals surface area contributed by atoms with Gasteiger partial charge in [0.2, 0.25) is 0 Å². The van der Waals surface area contributed by atoms with E-state index in [0.29, 0.717) is 15.9 Å². The summed E-state index contributed by atoms with van der Waals surface area (Å²) in [5, 5.41) is 30.7. The second kappa shape index (κ2) is 17.9. The Bertz CT molecular complexity index is 2740. The van der Waals surface area contributed by atoms with Crippen LogP contribution in [0.4, 0.5) is 0 Å². The molecule has 11 heteroatoms. The maximum Gasteiger partial charge on any atom is 0.336 e. The minimum Gasteiger partial charge on any atom is -0.507 e. The van der Waals surface area contributed by atoms with E-state index in [1.165, 1.54) is 24.6 Å². The molecule has 296 valence electrons. The van der Waals surface area contributed by atoms with Crippen LogP contribution in [0, 0.1) is 0 Å². The molecule has 0 radical (unpaired) electrons. The van der Waals surface area contributed by atoms with Crippen LogP contribution in [-0.4, -0.2) is 27.8 Å². The number of phenols is 2. The lowest BCUT2D eigenvalue weighted by atomic mass is 9.93. The predicted octanol–water partition coefficient (Wildman–Crippen LogP) is 9.28. The zero-order valence-corrected chi connectivity index (χ0v) is 32.8. The Hall–Kier alpha value is -7.63. The summed E-state index contributed by atoms with van der Waals surface area (Å²) in [6.45, 7) is 0. The summed E-state index contributed by atoms with van der Waals surface area (Å²) in [6, 6.07) is 49.1. The number of aromatic hydroxyl groups is 2. The summed E-state index contributed by atoms with van der Waals surface area (Å²) in [7, 11) is 0. The number of aliphatic imine (C=N–C) groups is 2. The molecule has 0 saturated heterocycles. The van der Waals surface area contributed by atoms with Gasteiger partial charge >= 0.3 is 11.3 Å². The average Bonchev–Trinajstić information content (AvgIpc) is 3.28. The van der Waals surface area contributed by atoms with Gasteiger partial charge in [-0.2, -0.15) is 0 Å². The second-order valence-corrected chi connectivity index (χ2v) is 14.4. The van der Waals surface area contributed by atoms with Crippen molar-refractivity contribution in [2.75, 3.05) is 0 Å². The summed E-state index contributed by atoms with van der Waals surface area (Å²) in [6.07, 6.45) is 3.06. The minimum absolute atomic E-state index is 0.0917. The number of fused-ring (bicyclic) bond motifs is 2. The Balaban J connectivity index is 1.20. The van der Waals surface area contributed by atoms with E-state index in [4.69, 9.17) is 31.0 Å². The number of hydrogen-bond donors (Lipinski definition) is 4. The topological polar surface area (TPSA) is 150 Å². The van der Waals surface area contributed by atoms with E-state index < -0.39 is 35.4 Å². The molecule has 10 nitrogen and oxygen atoms in total. The van der Waals surface area contributed by atoms with Crippen molar-refractivity contribution in [3.8, 4) is 11.5 Å². The maximum atomic E-state index is 12.3. The van der Waals surface area contributed by atoms with Crippen molar-refractivity contribution in [1.82, 2.24) is 10.6 Å². The Morgan fingerprint density at radius 2 is 0.817 bits per heavy atom. The fraction of sp³-hybridized carbons (Fsp3) is 0.0816. The average molecular weight is 811 g/mol. The molecule has 0 bridgehead atoms. The maximum absolute atomic E-state index is 12.3. The van der Waals surface area contributed by atoms with Gasteiger partial charge in [0.25, 0.3) is 0 Å². The zero-order valence-electron chi connectivity index (χ0n) is 32.0. The Kier molecular flexibility index (Phi) is 11.7. The molecule has 8 rings (SSSR count). The van der Waals surface area contributed by atoms with Gasteiger partial charge in [0, 0.05) is 35.3 Å². The molecule has 0 aliphatic heterocycles. The van der Waals surface area contributed by atoms with E-state index in [-0.39, 0.29) is 33.8 Å². The molecule has 4 atom stereocenters. The molecule has 0 aliphatic rings. The van der Waals surface area contributed by atoms with E-state index in [0.717, 1.165) is 22.3 Å². The summed E-state index contributed by atoms with van der Waals surface area (Å²) >= 11 is 6.19. The highest BCUT2D eigenvalue weighted by Crippen LogP contribution is 2.36. The van der Waals surface area contributed by atoms with Gasteiger partial charge in [-0.3, -0.25) is 9.98 Å². The normalized spacial score (nSPS) is 13.6. The second-order valence-electron chi connectivity index (χ2n) is 14.0. The van der Waals surface area contributed by atoms with Crippen LogP contribution >= 0.6 is 12.2 Å². The molecule has 0 fully saturated rings. The van der Waals surface area contributed by atoms with Crippen molar-refractivity contribution in [2.45, 2.75) is 24.2 Å². The first kappa shape index (κ1) is 39.2. The van der Waals surface area contributed by atoms with Gasteiger partial charge in [0.05, 0.1) is 35.3 Å². The first-order valence-electron chi connectivity index (χ1n) is 19.2. The largest absolute Gasteiger partial charge is 0.507 e. The van der Waals surface area contributed by atoms with Crippen LogP contribution in [0.1, 0.15) is 57.5 Å². The molecule has 0 unspecified atom stereocenters.